The van der Waals surface area contributed by atoms with Gasteiger partial charge in [-0.3, -0.25) is 4.79 Å². The van der Waals surface area contributed by atoms with Crippen molar-refractivity contribution in [1.29, 1.82) is 0 Å². The number of hydrogen-bond donors (Lipinski definition) is 1. The molecule has 2 unspecified atom stereocenters. The summed E-state index contributed by atoms with van der Waals surface area (Å²) in [7, 11) is 1.88. The number of aliphatic carboxylic acids is 1. The fourth-order valence-corrected chi connectivity index (χ4v) is 3.30. The minimum Gasteiger partial charge on any atom is -0.481 e. The third kappa shape index (κ3) is 2.17. The molecule has 1 aliphatic heterocycles. The first-order chi connectivity index (χ1) is 9.16. The maximum Gasteiger partial charge on any atom is 0.311 e. The van der Waals surface area contributed by atoms with Crippen LogP contribution >= 0.6 is 11.3 Å². The Morgan fingerprint density at radius 2 is 2.26 bits per heavy atom. The van der Waals surface area contributed by atoms with Gasteiger partial charge in [0.05, 0.1) is 29.5 Å². The molecule has 100 valence electrons. The lowest BCUT2D eigenvalue weighted by Gasteiger charge is -2.25. The number of thiazole rings is 1. The van der Waals surface area contributed by atoms with E-state index in [9.17, 15) is 9.90 Å². The van der Waals surface area contributed by atoms with E-state index in [0.29, 0.717) is 6.61 Å². The predicted molar refractivity (Wildman–Crippen MR) is 73.8 cm³/mol. The molecule has 0 amide bonds. The lowest BCUT2D eigenvalue weighted by Crippen LogP contribution is -2.40. The van der Waals surface area contributed by atoms with Gasteiger partial charge in [0.1, 0.15) is 5.92 Å². The molecule has 2 heterocycles. The molecule has 0 aliphatic carbocycles. The number of nitrogens with zero attached hydrogens (tertiary/aromatic N) is 2. The number of rotatable bonds is 3. The molecule has 1 aliphatic rings. The smallest absolute Gasteiger partial charge is 0.311 e. The van der Waals surface area contributed by atoms with Crippen LogP contribution in [0.15, 0.2) is 24.3 Å². The van der Waals surface area contributed by atoms with E-state index >= 15 is 0 Å². The minimum atomic E-state index is -0.810. The van der Waals surface area contributed by atoms with Crippen LogP contribution in [0.3, 0.4) is 0 Å². The first kappa shape index (κ1) is 12.4. The van der Waals surface area contributed by atoms with Gasteiger partial charge in [0.25, 0.3) is 0 Å². The van der Waals surface area contributed by atoms with E-state index < -0.39 is 11.9 Å². The van der Waals surface area contributed by atoms with Crippen LogP contribution in [-0.2, 0) is 9.53 Å². The molecule has 1 saturated heterocycles. The summed E-state index contributed by atoms with van der Waals surface area (Å²) >= 11 is 1.57. The van der Waals surface area contributed by atoms with Crippen LogP contribution in [0.4, 0.5) is 5.13 Å². The summed E-state index contributed by atoms with van der Waals surface area (Å²) < 4.78 is 6.41. The zero-order chi connectivity index (χ0) is 13.4. The monoisotopic (exact) mass is 278 g/mol. The van der Waals surface area contributed by atoms with Crippen molar-refractivity contribution in [3.8, 4) is 0 Å². The standard InChI is InChI=1S/C13H14N2O3S/c1-15(10-7-18-6-8(10)12(16)17)13-14-9-4-2-3-5-11(9)19-13/h2-5,8,10H,6-7H2,1H3,(H,16,17). The molecule has 1 fully saturated rings. The highest BCUT2D eigenvalue weighted by Gasteiger charge is 2.37. The molecular formula is C13H14N2O3S. The molecule has 1 aromatic carbocycles. The number of carbonyl (C=O) groups is 1. The number of carboxylic acid groups (broad SMARTS) is 1. The Hall–Kier alpha value is -1.66. The Bertz CT molecular complexity index is 580. The topological polar surface area (TPSA) is 62.7 Å². The molecule has 2 atom stereocenters. The molecule has 1 N–H and O–H groups in total. The Kier molecular flexibility index (Phi) is 3.12. The Labute approximate surface area is 114 Å². The SMILES string of the molecule is CN(c1nc2ccccc2s1)C1COCC1C(=O)O. The third-order valence-corrected chi connectivity index (χ3v) is 4.58. The zero-order valence-corrected chi connectivity index (χ0v) is 11.3. The fourth-order valence-electron chi connectivity index (χ4n) is 2.31. The van der Waals surface area contributed by atoms with Crippen molar-refractivity contribution in [3.63, 3.8) is 0 Å². The normalized spacial score (nSPS) is 22.8. The number of benzene rings is 1. The van der Waals surface area contributed by atoms with Crippen molar-refractivity contribution in [2.45, 2.75) is 6.04 Å². The first-order valence-corrected chi connectivity index (χ1v) is 6.87. The fraction of sp³-hybridized carbons (Fsp3) is 0.385. The highest BCUT2D eigenvalue weighted by molar-refractivity contribution is 7.22. The summed E-state index contributed by atoms with van der Waals surface area (Å²) in [5, 5.41) is 10.0. The Morgan fingerprint density at radius 1 is 1.47 bits per heavy atom. The predicted octanol–water partition coefficient (Wildman–Crippen LogP) is 1.83. The van der Waals surface area contributed by atoms with E-state index in [1.54, 1.807) is 11.3 Å². The van der Waals surface area contributed by atoms with Gasteiger partial charge in [0.2, 0.25) is 0 Å². The van der Waals surface area contributed by atoms with Gasteiger partial charge < -0.3 is 14.7 Å². The van der Waals surface area contributed by atoms with Crippen molar-refractivity contribution in [2.75, 3.05) is 25.2 Å². The molecule has 6 heteroatoms. The van der Waals surface area contributed by atoms with Gasteiger partial charge in [-0.2, -0.15) is 0 Å². The second-order valence-electron chi connectivity index (χ2n) is 4.62. The van der Waals surface area contributed by atoms with E-state index in [0.717, 1.165) is 15.3 Å². The van der Waals surface area contributed by atoms with Crippen LogP contribution in [0.25, 0.3) is 10.2 Å². The van der Waals surface area contributed by atoms with Crippen LogP contribution in [-0.4, -0.2) is 42.4 Å². The van der Waals surface area contributed by atoms with Crippen LogP contribution < -0.4 is 4.90 Å². The molecule has 0 saturated carbocycles. The molecule has 3 rings (SSSR count). The number of hydrogen-bond acceptors (Lipinski definition) is 5. The van der Waals surface area contributed by atoms with E-state index in [4.69, 9.17) is 4.74 Å². The van der Waals surface area contributed by atoms with Crippen LogP contribution in [0.1, 0.15) is 0 Å². The lowest BCUT2D eigenvalue weighted by atomic mass is 10.0. The zero-order valence-electron chi connectivity index (χ0n) is 10.4. The highest BCUT2D eigenvalue weighted by Crippen LogP contribution is 2.31. The Balaban J connectivity index is 1.90. The molecule has 1 aromatic heterocycles. The lowest BCUT2D eigenvalue weighted by molar-refractivity contribution is -0.141. The molecule has 0 radical (unpaired) electrons. The Morgan fingerprint density at radius 3 is 3.00 bits per heavy atom. The summed E-state index contributed by atoms with van der Waals surface area (Å²) in [6.07, 6.45) is 0. The first-order valence-electron chi connectivity index (χ1n) is 6.06. The summed E-state index contributed by atoms with van der Waals surface area (Å²) in [5.41, 5.74) is 0.945. The van der Waals surface area contributed by atoms with Crippen molar-refractivity contribution in [3.05, 3.63) is 24.3 Å². The highest BCUT2D eigenvalue weighted by atomic mass is 32.1. The van der Waals surface area contributed by atoms with E-state index in [1.165, 1.54) is 0 Å². The quantitative estimate of drug-likeness (QED) is 0.928. The summed E-state index contributed by atoms with van der Waals surface area (Å²) in [6.45, 7) is 0.707. The third-order valence-electron chi connectivity index (χ3n) is 3.45. The maximum atomic E-state index is 11.2. The van der Waals surface area contributed by atoms with Gasteiger partial charge in [-0.1, -0.05) is 23.5 Å². The second kappa shape index (κ2) is 4.79. The minimum absolute atomic E-state index is 0.155. The van der Waals surface area contributed by atoms with E-state index in [1.807, 2.05) is 36.2 Å². The molecular weight excluding hydrogens is 264 g/mol. The number of likely N-dealkylation sites (N-methyl/N-ethyl adjacent to an activating group) is 1. The molecule has 0 bridgehead atoms. The number of fused-ring (bicyclic) bond motifs is 1. The maximum absolute atomic E-state index is 11.2. The van der Waals surface area contributed by atoms with Gasteiger partial charge in [-0.05, 0) is 12.1 Å². The number of ether oxygens (including phenoxy) is 1. The van der Waals surface area contributed by atoms with Gasteiger partial charge in [0.15, 0.2) is 5.13 Å². The molecule has 0 spiro atoms. The number of carboxylic acids is 1. The average Bonchev–Trinajstić information content (AvgIpc) is 3.04. The molecule has 5 nitrogen and oxygen atoms in total. The van der Waals surface area contributed by atoms with Crippen molar-refractivity contribution < 1.29 is 14.6 Å². The molecule has 19 heavy (non-hydrogen) atoms. The molecule has 2 aromatic rings. The van der Waals surface area contributed by atoms with Crippen LogP contribution in [0.5, 0.6) is 0 Å². The summed E-state index contributed by atoms with van der Waals surface area (Å²) in [4.78, 5) is 17.7. The van der Waals surface area contributed by atoms with Gasteiger partial charge >= 0.3 is 5.97 Å². The number of anilines is 1. The van der Waals surface area contributed by atoms with E-state index in [-0.39, 0.29) is 12.6 Å². The van der Waals surface area contributed by atoms with Crippen molar-refractivity contribution in [2.24, 2.45) is 5.92 Å². The van der Waals surface area contributed by atoms with Crippen molar-refractivity contribution in [1.82, 2.24) is 4.98 Å². The van der Waals surface area contributed by atoms with Gasteiger partial charge in [-0.15, -0.1) is 0 Å². The summed E-state index contributed by atoms with van der Waals surface area (Å²) in [5.74, 6) is -1.30. The van der Waals surface area contributed by atoms with Crippen LogP contribution in [0, 0.1) is 5.92 Å². The largest absolute Gasteiger partial charge is 0.481 e. The van der Waals surface area contributed by atoms with Crippen molar-refractivity contribution >= 4 is 32.7 Å². The second-order valence-corrected chi connectivity index (χ2v) is 5.63. The van der Waals surface area contributed by atoms with Gasteiger partial charge in [0, 0.05) is 7.05 Å². The van der Waals surface area contributed by atoms with E-state index in [2.05, 4.69) is 4.98 Å². The average molecular weight is 278 g/mol. The summed E-state index contributed by atoms with van der Waals surface area (Å²) in [6, 6.07) is 7.75. The van der Waals surface area contributed by atoms with Gasteiger partial charge in [-0.25, -0.2) is 4.98 Å². The van der Waals surface area contributed by atoms with Crippen LogP contribution in [0.2, 0.25) is 0 Å². The number of para-hydroxylation sites is 1. The number of aromatic nitrogens is 1.